The standard InChI is InChI=1S/C13H21N3/c1-3-4-15-12-6-13(9-14-8-12)16-7-11-5-10(11)2/h6,8-11,15-16H,3-5,7H2,1-2H3. The summed E-state index contributed by atoms with van der Waals surface area (Å²) in [6.07, 6.45) is 6.27. The number of hydrogen-bond acceptors (Lipinski definition) is 3. The van der Waals surface area contributed by atoms with Crippen molar-refractivity contribution in [1.29, 1.82) is 0 Å². The number of rotatable bonds is 6. The monoisotopic (exact) mass is 219 g/mol. The van der Waals surface area contributed by atoms with E-state index in [1.165, 1.54) is 6.42 Å². The van der Waals surface area contributed by atoms with Crippen molar-refractivity contribution in [2.75, 3.05) is 23.7 Å². The molecular formula is C13H21N3. The molecular weight excluding hydrogens is 198 g/mol. The van der Waals surface area contributed by atoms with Gasteiger partial charge in [-0.3, -0.25) is 4.98 Å². The lowest BCUT2D eigenvalue weighted by molar-refractivity contribution is 0.787. The molecule has 0 amide bonds. The van der Waals surface area contributed by atoms with Crippen LogP contribution in [0.2, 0.25) is 0 Å². The van der Waals surface area contributed by atoms with Gasteiger partial charge in [-0.15, -0.1) is 0 Å². The molecule has 16 heavy (non-hydrogen) atoms. The smallest absolute Gasteiger partial charge is 0.0547 e. The molecule has 1 aliphatic carbocycles. The summed E-state index contributed by atoms with van der Waals surface area (Å²) in [6, 6.07) is 2.13. The van der Waals surface area contributed by atoms with Gasteiger partial charge in [-0.2, -0.15) is 0 Å². The highest BCUT2D eigenvalue weighted by molar-refractivity contribution is 5.53. The number of aromatic nitrogens is 1. The highest BCUT2D eigenvalue weighted by atomic mass is 14.9. The fourth-order valence-electron chi connectivity index (χ4n) is 1.84. The Morgan fingerprint density at radius 1 is 1.31 bits per heavy atom. The topological polar surface area (TPSA) is 37.0 Å². The van der Waals surface area contributed by atoms with Gasteiger partial charge in [0.25, 0.3) is 0 Å². The van der Waals surface area contributed by atoms with Crippen molar-refractivity contribution in [2.24, 2.45) is 11.8 Å². The molecule has 0 saturated heterocycles. The minimum atomic E-state index is 0.868. The lowest BCUT2D eigenvalue weighted by Gasteiger charge is -2.08. The number of nitrogens with zero attached hydrogens (tertiary/aromatic N) is 1. The molecule has 1 aromatic rings. The maximum atomic E-state index is 4.23. The van der Waals surface area contributed by atoms with Gasteiger partial charge < -0.3 is 10.6 Å². The second-order valence-corrected chi connectivity index (χ2v) is 4.74. The first kappa shape index (κ1) is 11.2. The summed E-state index contributed by atoms with van der Waals surface area (Å²) in [4.78, 5) is 4.23. The predicted molar refractivity (Wildman–Crippen MR) is 68.8 cm³/mol. The molecule has 2 N–H and O–H groups in total. The summed E-state index contributed by atoms with van der Waals surface area (Å²) in [7, 11) is 0. The van der Waals surface area contributed by atoms with E-state index in [0.717, 1.165) is 42.7 Å². The van der Waals surface area contributed by atoms with Crippen LogP contribution in [0.25, 0.3) is 0 Å². The maximum absolute atomic E-state index is 4.23. The van der Waals surface area contributed by atoms with Crippen LogP contribution in [0.3, 0.4) is 0 Å². The van der Waals surface area contributed by atoms with E-state index in [0.29, 0.717) is 0 Å². The highest BCUT2D eigenvalue weighted by Crippen LogP contribution is 2.37. The van der Waals surface area contributed by atoms with Crippen molar-refractivity contribution in [2.45, 2.75) is 26.7 Å². The van der Waals surface area contributed by atoms with Crippen LogP contribution in [0, 0.1) is 11.8 Å². The van der Waals surface area contributed by atoms with E-state index in [-0.39, 0.29) is 0 Å². The summed E-state index contributed by atoms with van der Waals surface area (Å²) in [6.45, 7) is 6.56. The Morgan fingerprint density at radius 2 is 2.00 bits per heavy atom. The maximum Gasteiger partial charge on any atom is 0.0547 e. The van der Waals surface area contributed by atoms with Gasteiger partial charge in [0.1, 0.15) is 0 Å². The first-order valence-electron chi connectivity index (χ1n) is 6.22. The minimum Gasteiger partial charge on any atom is -0.384 e. The average molecular weight is 219 g/mol. The van der Waals surface area contributed by atoms with Crippen LogP contribution in [0.4, 0.5) is 11.4 Å². The van der Waals surface area contributed by atoms with E-state index in [2.05, 4.69) is 35.5 Å². The molecule has 0 bridgehead atoms. The van der Waals surface area contributed by atoms with Crippen molar-refractivity contribution < 1.29 is 0 Å². The Bertz CT molecular complexity index is 338. The van der Waals surface area contributed by atoms with Crippen LogP contribution in [0.1, 0.15) is 26.7 Å². The van der Waals surface area contributed by atoms with E-state index in [4.69, 9.17) is 0 Å². The number of pyridine rings is 1. The average Bonchev–Trinajstić information content (AvgIpc) is 3.01. The fourth-order valence-corrected chi connectivity index (χ4v) is 1.84. The third kappa shape index (κ3) is 3.12. The van der Waals surface area contributed by atoms with Gasteiger partial charge in [0.05, 0.1) is 23.8 Å². The lowest BCUT2D eigenvalue weighted by Crippen LogP contribution is -2.06. The molecule has 3 nitrogen and oxygen atoms in total. The van der Waals surface area contributed by atoms with Crippen LogP contribution < -0.4 is 10.6 Å². The van der Waals surface area contributed by atoms with Crippen LogP contribution in [-0.2, 0) is 0 Å². The molecule has 0 aromatic carbocycles. The summed E-state index contributed by atoms with van der Waals surface area (Å²) in [5.74, 6) is 1.77. The zero-order chi connectivity index (χ0) is 11.4. The Morgan fingerprint density at radius 3 is 2.62 bits per heavy atom. The van der Waals surface area contributed by atoms with Crippen molar-refractivity contribution in [3.05, 3.63) is 18.5 Å². The number of nitrogens with one attached hydrogen (secondary N) is 2. The van der Waals surface area contributed by atoms with Gasteiger partial charge in [0, 0.05) is 13.1 Å². The first-order chi connectivity index (χ1) is 7.79. The Labute approximate surface area is 97.7 Å². The normalized spacial score (nSPS) is 22.9. The van der Waals surface area contributed by atoms with Gasteiger partial charge in [-0.05, 0) is 30.7 Å². The second kappa shape index (κ2) is 5.19. The van der Waals surface area contributed by atoms with Gasteiger partial charge in [0.2, 0.25) is 0 Å². The van der Waals surface area contributed by atoms with Crippen molar-refractivity contribution in [3.8, 4) is 0 Å². The van der Waals surface area contributed by atoms with Gasteiger partial charge in [0.15, 0.2) is 0 Å². The van der Waals surface area contributed by atoms with Crippen LogP contribution in [-0.4, -0.2) is 18.1 Å². The Balaban J connectivity index is 1.83. The molecule has 2 rings (SSSR count). The van der Waals surface area contributed by atoms with E-state index >= 15 is 0 Å². The third-order valence-corrected chi connectivity index (χ3v) is 3.16. The zero-order valence-corrected chi connectivity index (χ0v) is 10.2. The molecule has 1 heterocycles. The van der Waals surface area contributed by atoms with Crippen molar-refractivity contribution in [1.82, 2.24) is 4.98 Å². The number of anilines is 2. The molecule has 88 valence electrons. The largest absolute Gasteiger partial charge is 0.384 e. The summed E-state index contributed by atoms with van der Waals surface area (Å²) in [5.41, 5.74) is 2.23. The Kier molecular flexibility index (Phi) is 3.65. The zero-order valence-electron chi connectivity index (χ0n) is 10.2. The molecule has 1 aromatic heterocycles. The highest BCUT2D eigenvalue weighted by Gasteiger charge is 2.31. The fraction of sp³-hybridized carbons (Fsp3) is 0.615. The molecule has 1 aliphatic rings. The quantitative estimate of drug-likeness (QED) is 0.772. The van der Waals surface area contributed by atoms with E-state index in [9.17, 15) is 0 Å². The molecule has 2 atom stereocenters. The van der Waals surface area contributed by atoms with Crippen molar-refractivity contribution >= 4 is 11.4 Å². The molecule has 0 radical (unpaired) electrons. The molecule has 0 spiro atoms. The summed E-state index contributed by atoms with van der Waals surface area (Å²) in [5, 5.41) is 6.80. The van der Waals surface area contributed by atoms with E-state index < -0.39 is 0 Å². The molecule has 0 aliphatic heterocycles. The minimum absolute atomic E-state index is 0.868. The van der Waals surface area contributed by atoms with Crippen LogP contribution >= 0.6 is 0 Å². The van der Waals surface area contributed by atoms with E-state index in [1.54, 1.807) is 0 Å². The second-order valence-electron chi connectivity index (χ2n) is 4.74. The van der Waals surface area contributed by atoms with E-state index in [1.807, 2.05) is 12.4 Å². The molecule has 1 fully saturated rings. The first-order valence-corrected chi connectivity index (χ1v) is 6.22. The van der Waals surface area contributed by atoms with Gasteiger partial charge in [-0.25, -0.2) is 0 Å². The third-order valence-electron chi connectivity index (χ3n) is 3.16. The predicted octanol–water partition coefficient (Wildman–Crippen LogP) is 2.97. The van der Waals surface area contributed by atoms with Crippen LogP contribution in [0.15, 0.2) is 18.5 Å². The van der Waals surface area contributed by atoms with Gasteiger partial charge in [-0.1, -0.05) is 13.8 Å². The SMILES string of the molecule is CCCNc1cncc(NCC2CC2C)c1. The van der Waals surface area contributed by atoms with Crippen LogP contribution in [0.5, 0.6) is 0 Å². The van der Waals surface area contributed by atoms with Gasteiger partial charge >= 0.3 is 0 Å². The number of hydrogen-bond donors (Lipinski definition) is 2. The lowest BCUT2D eigenvalue weighted by atomic mass is 10.3. The van der Waals surface area contributed by atoms with Crippen molar-refractivity contribution in [3.63, 3.8) is 0 Å². The summed E-state index contributed by atoms with van der Waals surface area (Å²) < 4.78 is 0. The molecule has 1 saturated carbocycles. The Hall–Kier alpha value is -1.25. The molecule has 2 unspecified atom stereocenters. The molecule has 3 heteroatoms. The summed E-state index contributed by atoms with van der Waals surface area (Å²) >= 11 is 0.